The van der Waals surface area contributed by atoms with Gasteiger partial charge in [0.15, 0.2) is 0 Å². The van der Waals surface area contributed by atoms with Gasteiger partial charge in [0.25, 0.3) is 0 Å². The van der Waals surface area contributed by atoms with Crippen LogP contribution < -0.4 is 17.2 Å². The average molecular weight is 1020 g/mol. The summed E-state index contributed by atoms with van der Waals surface area (Å²) in [6.07, 6.45) is 22.8. The first-order valence-corrected chi connectivity index (χ1v) is 31.1. The number of rotatable bonds is 2. The van der Waals surface area contributed by atoms with Crippen LogP contribution in [0.1, 0.15) is 217 Å². The summed E-state index contributed by atoms with van der Waals surface area (Å²) in [7, 11) is 0. The lowest BCUT2D eigenvalue weighted by atomic mass is 9.43. The van der Waals surface area contributed by atoms with Gasteiger partial charge in [0, 0.05) is 24.0 Å². The Kier molecular flexibility index (Phi) is 15.0. The lowest BCUT2D eigenvalue weighted by molar-refractivity contribution is -0.215. The maximum absolute atomic E-state index is 11.2. The Bertz CT molecular complexity index is 2090. The number of aliphatic hydroxyl groups excluding tert-OH is 6. The third kappa shape index (κ3) is 8.40. The van der Waals surface area contributed by atoms with Crippen LogP contribution in [0.25, 0.3) is 0 Å². The number of fused-ring (bicyclic) bond motifs is 14. The molecule has 11 unspecified atom stereocenters. The van der Waals surface area contributed by atoms with Crippen LogP contribution in [0.3, 0.4) is 0 Å². The Morgan fingerprint density at radius 2 is 0.904 bits per heavy atom. The van der Waals surface area contributed by atoms with Crippen molar-refractivity contribution in [2.45, 2.75) is 272 Å². The van der Waals surface area contributed by atoms with E-state index in [0.29, 0.717) is 46.3 Å². The second-order valence-corrected chi connectivity index (χ2v) is 30.3. The molecule has 0 saturated heterocycles. The molecule has 0 aliphatic heterocycles. The second kappa shape index (κ2) is 19.7. The van der Waals surface area contributed by atoms with Crippen molar-refractivity contribution in [2.24, 2.45) is 121 Å². The van der Waals surface area contributed by atoms with Crippen LogP contribution in [0.15, 0.2) is 22.3 Å². The van der Waals surface area contributed by atoms with Gasteiger partial charge < -0.3 is 47.8 Å². The molecule has 0 amide bonds. The number of hydrogen-bond acceptors (Lipinski definition) is 9. The Labute approximate surface area is 443 Å². The molecule has 0 aromatic heterocycles. The van der Waals surface area contributed by atoms with Crippen molar-refractivity contribution in [3.63, 3.8) is 0 Å². The van der Waals surface area contributed by atoms with Crippen molar-refractivity contribution in [1.82, 2.24) is 0 Å². The first kappa shape index (κ1) is 55.4. The molecular formula is C64H109N3O6. The summed E-state index contributed by atoms with van der Waals surface area (Å²) in [6.45, 7) is 23.7. The highest BCUT2D eigenvalue weighted by molar-refractivity contribution is 5.35. The quantitative estimate of drug-likeness (QED) is 0.121. The van der Waals surface area contributed by atoms with Crippen molar-refractivity contribution in [1.29, 1.82) is 0 Å². The predicted molar refractivity (Wildman–Crippen MR) is 293 cm³/mol. The van der Waals surface area contributed by atoms with Crippen LogP contribution in [0, 0.1) is 104 Å². The van der Waals surface area contributed by atoms with Crippen LogP contribution in [0.2, 0.25) is 0 Å². The topological polar surface area (TPSA) is 199 Å². The highest BCUT2D eigenvalue weighted by Gasteiger charge is 2.67. The van der Waals surface area contributed by atoms with Gasteiger partial charge in [-0.05, 0) is 253 Å². The molecule has 0 spiro atoms. The largest absolute Gasteiger partial charge is 0.390 e. The van der Waals surface area contributed by atoms with Gasteiger partial charge in [-0.2, -0.15) is 0 Å². The van der Waals surface area contributed by atoms with E-state index < -0.39 is 36.6 Å². The molecule has 73 heavy (non-hydrogen) atoms. The zero-order valence-corrected chi connectivity index (χ0v) is 47.8. The van der Waals surface area contributed by atoms with E-state index in [-0.39, 0.29) is 69.4 Å². The predicted octanol–water partition coefficient (Wildman–Crippen LogP) is 10.3. The minimum Gasteiger partial charge on any atom is -0.390 e. The molecule has 9 heteroatoms. The standard InChI is InChI=1S/C22H37NO2.C21H35NO2.C21H37NO2/c1-12(2)14-5-6-15-18-16(8-10-21(14,15)3)22(4)9-7-13(23)11-17(22)19(24)20(18)25;1-4-20(2)9-8-13-14(20)5-6-15-17(13)19(24)18(23)16-11-12(22)7-10-21(15,16)3;1-4-12-5-6-14-17-15(8-10-20(12,14)2)21(3)9-7-13(22)11-16(21)18(23)19(17)24/h13,15-20,24-25H,5-11,23H2,1-4H3;12,15-19,23-24H,4-11,22H2,1-3H3;12-19,23-24H,4-11,22H2,1-3H3/t13-,15?,16?,17?,18?,19-,20-,21-,22-;12-,15?,16?,17?,18+,19+,20+,21+;12-,13+,14?,15?,16?,17?,18+,19+,20+,21+/m100/s1. The van der Waals surface area contributed by atoms with Crippen molar-refractivity contribution in [2.75, 3.05) is 0 Å². The molecule has 27 atom stereocenters. The van der Waals surface area contributed by atoms with Crippen molar-refractivity contribution in [3.8, 4) is 0 Å². The normalized spacial score (nSPS) is 56.6. The summed E-state index contributed by atoms with van der Waals surface area (Å²) in [5.74, 6) is 4.81. The molecule has 12 aliphatic rings. The summed E-state index contributed by atoms with van der Waals surface area (Å²) < 4.78 is 0. The fourth-order valence-corrected chi connectivity index (χ4v) is 23.1. The van der Waals surface area contributed by atoms with Gasteiger partial charge in [0.1, 0.15) is 0 Å². The Balaban J connectivity index is 0.000000126. The van der Waals surface area contributed by atoms with Gasteiger partial charge in [-0.3, -0.25) is 0 Å². The third-order valence-corrected chi connectivity index (χ3v) is 27.5. The molecule has 0 aromatic rings. The van der Waals surface area contributed by atoms with E-state index in [0.717, 1.165) is 70.1 Å². The summed E-state index contributed by atoms with van der Waals surface area (Å²) >= 11 is 0. The van der Waals surface area contributed by atoms with Crippen LogP contribution in [0.5, 0.6) is 0 Å². The Morgan fingerprint density at radius 3 is 1.41 bits per heavy atom. The lowest BCUT2D eigenvalue weighted by Gasteiger charge is -2.63. The summed E-state index contributed by atoms with van der Waals surface area (Å²) in [4.78, 5) is 0. The van der Waals surface area contributed by atoms with E-state index in [9.17, 15) is 30.6 Å². The van der Waals surface area contributed by atoms with E-state index >= 15 is 0 Å². The molecule has 12 aliphatic carbocycles. The fourth-order valence-electron chi connectivity index (χ4n) is 23.1. The highest BCUT2D eigenvalue weighted by Crippen LogP contribution is 2.70. The maximum Gasteiger partial charge on any atom is 0.0870 e. The minimum atomic E-state index is -0.608. The van der Waals surface area contributed by atoms with Crippen LogP contribution in [-0.2, 0) is 0 Å². The van der Waals surface area contributed by atoms with Crippen LogP contribution in [0.4, 0.5) is 0 Å². The van der Waals surface area contributed by atoms with E-state index in [1.165, 1.54) is 94.6 Å². The molecule has 0 bridgehead atoms. The first-order valence-electron chi connectivity index (χ1n) is 31.1. The zero-order chi connectivity index (χ0) is 52.7. The SMILES string of the molecule is CC(C)=C1CCC2C3C(CC[C@]12C)[C@@]1(C)CC[C@@H](N)CC1[C@@H](O)[C@@H]3O.CC[C@H]1CCC2C3C(CC[C@@]21C)[C@@]1(C)CC[C@@H](N)CC1[C@@H](O)[C@@H]3O.CC[C@]1(C)CCC2=C1CCC1C2[C@@H](O)[C@H](O)C2C[C@@H](N)CC[C@]12C. The van der Waals surface area contributed by atoms with E-state index in [4.69, 9.17) is 17.2 Å². The number of aliphatic hydroxyl groups is 6. The van der Waals surface area contributed by atoms with E-state index in [1.54, 1.807) is 11.1 Å². The molecule has 0 heterocycles. The molecular weight excluding hydrogens is 907 g/mol. The van der Waals surface area contributed by atoms with Gasteiger partial charge in [-0.1, -0.05) is 84.1 Å². The van der Waals surface area contributed by atoms with Gasteiger partial charge in [0.05, 0.1) is 36.6 Å². The zero-order valence-electron chi connectivity index (χ0n) is 47.8. The average Bonchev–Trinajstić information content (AvgIpc) is 4.03. The van der Waals surface area contributed by atoms with Gasteiger partial charge in [0.2, 0.25) is 0 Å². The van der Waals surface area contributed by atoms with Crippen molar-refractivity contribution >= 4 is 0 Å². The lowest BCUT2D eigenvalue weighted by Crippen LogP contribution is -2.64. The molecule has 0 radical (unpaired) electrons. The molecule has 10 fully saturated rings. The first-order chi connectivity index (χ1) is 34.3. The summed E-state index contributed by atoms with van der Waals surface area (Å²) in [5.41, 5.74) is 26.3. The number of allylic oxidation sites excluding steroid dienone is 3. The molecule has 12 rings (SSSR count). The number of nitrogens with two attached hydrogens (primary N) is 3. The van der Waals surface area contributed by atoms with Gasteiger partial charge >= 0.3 is 0 Å². The Morgan fingerprint density at radius 1 is 0.452 bits per heavy atom. The summed E-state index contributed by atoms with van der Waals surface area (Å²) in [5, 5.41) is 66.5. The van der Waals surface area contributed by atoms with Crippen molar-refractivity contribution < 1.29 is 30.6 Å². The monoisotopic (exact) mass is 1020 g/mol. The molecule has 10 saturated carbocycles. The smallest absolute Gasteiger partial charge is 0.0870 e. The minimum absolute atomic E-state index is 0.142. The molecule has 0 aromatic carbocycles. The maximum atomic E-state index is 11.2. The van der Waals surface area contributed by atoms with Gasteiger partial charge in [-0.25, -0.2) is 0 Å². The third-order valence-electron chi connectivity index (χ3n) is 27.5. The van der Waals surface area contributed by atoms with Crippen molar-refractivity contribution in [3.05, 3.63) is 22.3 Å². The molecule has 9 nitrogen and oxygen atoms in total. The molecule has 416 valence electrons. The molecule has 12 N–H and O–H groups in total. The van der Waals surface area contributed by atoms with E-state index in [2.05, 4.69) is 69.2 Å². The fraction of sp³-hybridized carbons (Fsp3) is 0.938. The van der Waals surface area contributed by atoms with Gasteiger partial charge in [-0.15, -0.1) is 0 Å². The number of hydrogen-bond donors (Lipinski definition) is 9. The summed E-state index contributed by atoms with van der Waals surface area (Å²) in [6, 6.07) is 0.579. The second-order valence-electron chi connectivity index (χ2n) is 30.3. The van der Waals surface area contributed by atoms with Crippen LogP contribution in [-0.4, -0.2) is 85.4 Å². The highest BCUT2D eigenvalue weighted by atomic mass is 16.3. The van der Waals surface area contributed by atoms with E-state index in [1.807, 2.05) is 0 Å². The Hall–Kier alpha value is -0.880. The van der Waals surface area contributed by atoms with Crippen LogP contribution >= 0.6 is 0 Å².